The largest absolute Gasteiger partial charge is 0.493 e. The van der Waals surface area contributed by atoms with Crippen molar-refractivity contribution in [3.63, 3.8) is 0 Å². The van der Waals surface area contributed by atoms with E-state index >= 15 is 0 Å². The average Bonchev–Trinajstić information content (AvgIpc) is 2.68. The first-order valence-electron chi connectivity index (χ1n) is 10.1. The van der Waals surface area contributed by atoms with Gasteiger partial charge in [0.05, 0.1) is 26.9 Å². The smallest absolute Gasteiger partial charge is 0.275 e. The fraction of sp³-hybridized carbons (Fsp3) is 0.667. The summed E-state index contributed by atoms with van der Waals surface area (Å²) in [5.74, 6) is 2.20. The Kier molecular flexibility index (Phi) is 7.95. The first-order chi connectivity index (χ1) is 13.3. The molecule has 7 heteroatoms. The van der Waals surface area contributed by atoms with Crippen LogP contribution in [0.2, 0.25) is 0 Å². The second kappa shape index (κ2) is 9.98. The van der Waals surface area contributed by atoms with Gasteiger partial charge >= 0.3 is 0 Å². The molecular weight excluding hydrogens is 358 g/mol. The lowest BCUT2D eigenvalue weighted by Gasteiger charge is -2.31. The Labute approximate surface area is 168 Å². The third-order valence-corrected chi connectivity index (χ3v) is 5.66. The third kappa shape index (κ3) is 5.75. The number of quaternary nitrogens is 2. The molecule has 0 radical (unpaired) electrons. The number of hydrogen-bond acceptors (Lipinski definition) is 4. The summed E-state index contributed by atoms with van der Waals surface area (Å²) >= 11 is 0. The van der Waals surface area contributed by atoms with E-state index in [-0.39, 0.29) is 11.4 Å². The van der Waals surface area contributed by atoms with Crippen LogP contribution in [0.5, 0.6) is 17.2 Å². The molecule has 2 rings (SSSR count). The van der Waals surface area contributed by atoms with Crippen LogP contribution in [0.4, 0.5) is 0 Å². The van der Waals surface area contributed by atoms with Gasteiger partial charge in [0.1, 0.15) is 32.7 Å². The number of benzene rings is 1. The topological polar surface area (TPSA) is 65.7 Å². The molecule has 0 unspecified atom stereocenters. The first kappa shape index (κ1) is 22.3. The average molecular weight is 396 g/mol. The highest BCUT2D eigenvalue weighted by Gasteiger charge is 2.28. The summed E-state index contributed by atoms with van der Waals surface area (Å²) in [7, 11) is 4.92. The zero-order chi connectivity index (χ0) is 20.7. The van der Waals surface area contributed by atoms with Crippen molar-refractivity contribution in [2.75, 3.05) is 54.1 Å². The summed E-state index contributed by atoms with van der Waals surface area (Å²) < 4.78 is 16.5. The Hall–Kier alpha value is -1.99. The molecule has 1 fully saturated rings. The number of amides is 1. The lowest BCUT2D eigenvalue weighted by molar-refractivity contribution is -1.02. The predicted octanol–water partition coefficient (Wildman–Crippen LogP) is -0.699. The Balaban J connectivity index is 1.92. The van der Waals surface area contributed by atoms with E-state index < -0.39 is 0 Å². The molecule has 0 spiro atoms. The molecule has 1 aromatic carbocycles. The van der Waals surface area contributed by atoms with Gasteiger partial charge in [-0.1, -0.05) is 6.92 Å². The van der Waals surface area contributed by atoms with E-state index in [2.05, 4.69) is 26.1 Å². The molecule has 0 aliphatic carbocycles. The molecule has 0 aromatic heterocycles. The molecule has 7 nitrogen and oxygen atoms in total. The minimum Gasteiger partial charge on any atom is -0.493 e. The van der Waals surface area contributed by atoms with Gasteiger partial charge in [-0.05, 0) is 32.4 Å². The van der Waals surface area contributed by atoms with Crippen LogP contribution in [0.25, 0.3) is 0 Å². The Morgan fingerprint density at radius 3 is 2.14 bits per heavy atom. The number of carbonyl (C=O) groups excluding carboxylic acids is 1. The van der Waals surface area contributed by atoms with Crippen molar-refractivity contribution in [3.05, 3.63) is 17.7 Å². The van der Waals surface area contributed by atoms with Crippen LogP contribution in [0, 0.1) is 0 Å². The Morgan fingerprint density at radius 2 is 1.61 bits per heavy atom. The summed E-state index contributed by atoms with van der Waals surface area (Å²) in [6, 6.07) is 3.98. The summed E-state index contributed by atoms with van der Waals surface area (Å²) in [5.41, 5.74) is 0.981. The van der Waals surface area contributed by atoms with Crippen LogP contribution in [0.3, 0.4) is 0 Å². The number of nitrogens with one attached hydrogen (secondary N) is 3. The summed E-state index contributed by atoms with van der Waals surface area (Å²) in [6.45, 7) is 11.7. The van der Waals surface area contributed by atoms with Gasteiger partial charge in [-0.2, -0.15) is 0 Å². The zero-order valence-electron chi connectivity index (χ0n) is 18.2. The number of hydrogen-bond donors (Lipinski definition) is 3. The minimum atomic E-state index is -0.131. The standard InChI is InChI=1S/C21H35N3O4/c1-7-21(2,3)22-18(25)15-24-12-10-23(11-13-24)14-16-8-9-17(26-4)20(28-6)19(16)27-5/h8-9H,7,10-15H2,1-6H3,(H,22,25)/p+2. The molecule has 1 heterocycles. The Morgan fingerprint density at radius 1 is 1.00 bits per heavy atom. The highest BCUT2D eigenvalue weighted by Crippen LogP contribution is 2.39. The maximum absolute atomic E-state index is 12.3. The van der Waals surface area contributed by atoms with E-state index in [1.54, 1.807) is 21.3 Å². The van der Waals surface area contributed by atoms with Crippen LogP contribution in [-0.4, -0.2) is 65.5 Å². The number of methoxy groups -OCH3 is 3. The fourth-order valence-electron chi connectivity index (χ4n) is 3.62. The molecule has 0 bridgehead atoms. The van der Waals surface area contributed by atoms with Gasteiger partial charge in [-0.15, -0.1) is 0 Å². The van der Waals surface area contributed by atoms with E-state index in [9.17, 15) is 4.79 Å². The minimum absolute atomic E-state index is 0.131. The predicted molar refractivity (Wildman–Crippen MR) is 109 cm³/mol. The molecule has 1 amide bonds. The van der Waals surface area contributed by atoms with Crippen LogP contribution in [0.1, 0.15) is 32.8 Å². The fourth-order valence-corrected chi connectivity index (χ4v) is 3.62. The monoisotopic (exact) mass is 395 g/mol. The van der Waals surface area contributed by atoms with Crippen molar-refractivity contribution in [2.45, 2.75) is 39.3 Å². The van der Waals surface area contributed by atoms with Crippen LogP contribution in [-0.2, 0) is 11.3 Å². The lowest BCUT2D eigenvalue weighted by Crippen LogP contribution is -3.28. The van der Waals surface area contributed by atoms with Gasteiger partial charge in [0, 0.05) is 5.54 Å². The molecule has 28 heavy (non-hydrogen) atoms. The van der Waals surface area contributed by atoms with E-state index in [4.69, 9.17) is 14.2 Å². The van der Waals surface area contributed by atoms with Gasteiger partial charge < -0.3 is 29.3 Å². The van der Waals surface area contributed by atoms with E-state index in [1.807, 2.05) is 12.1 Å². The van der Waals surface area contributed by atoms with Crippen molar-refractivity contribution in [1.29, 1.82) is 0 Å². The first-order valence-corrected chi connectivity index (χ1v) is 10.1. The maximum atomic E-state index is 12.3. The second-order valence-corrected chi connectivity index (χ2v) is 8.13. The van der Waals surface area contributed by atoms with Gasteiger partial charge in [0.25, 0.3) is 5.91 Å². The lowest BCUT2D eigenvalue weighted by atomic mass is 10.0. The zero-order valence-corrected chi connectivity index (χ0v) is 18.2. The highest BCUT2D eigenvalue weighted by atomic mass is 16.5. The number of ether oxygens (including phenoxy) is 3. The molecule has 1 aliphatic rings. The number of carbonyl (C=O) groups is 1. The second-order valence-electron chi connectivity index (χ2n) is 8.13. The van der Waals surface area contributed by atoms with E-state index in [0.717, 1.165) is 50.5 Å². The van der Waals surface area contributed by atoms with Crippen molar-refractivity contribution >= 4 is 5.91 Å². The van der Waals surface area contributed by atoms with Crippen LogP contribution in [0.15, 0.2) is 12.1 Å². The quantitative estimate of drug-likeness (QED) is 0.518. The van der Waals surface area contributed by atoms with E-state index in [0.29, 0.717) is 18.0 Å². The molecule has 0 atom stereocenters. The van der Waals surface area contributed by atoms with E-state index in [1.165, 1.54) is 9.80 Å². The third-order valence-electron chi connectivity index (χ3n) is 5.66. The maximum Gasteiger partial charge on any atom is 0.275 e. The van der Waals surface area contributed by atoms with Gasteiger partial charge in [-0.25, -0.2) is 0 Å². The van der Waals surface area contributed by atoms with Crippen molar-refractivity contribution in [2.24, 2.45) is 0 Å². The highest BCUT2D eigenvalue weighted by molar-refractivity contribution is 5.77. The molecule has 1 saturated heterocycles. The van der Waals surface area contributed by atoms with Crippen molar-refractivity contribution < 1.29 is 28.8 Å². The molecule has 3 N–H and O–H groups in total. The summed E-state index contributed by atoms with van der Waals surface area (Å²) in [4.78, 5) is 15.1. The van der Waals surface area contributed by atoms with Crippen molar-refractivity contribution in [1.82, 2.24) is 5.32 Å². The number of piperazine rings is 1. The number of rotatable bonds is 9. The van der Waals surface area contributed by atoms with Crippen LogP contribution >= 0.6 is 0 Å². The van der Waals surface area contributed by atoms with Gasteiger partial charge in [0.15, 0.2) is 18.0 Å². The van der Waals surface area contributed by atoms with Gasteiger partial charge in [-0.3, -0.25) is 4.79 Å². The Bertz CT molecular complexity index is 655. The normalized spacial score (nSPS) is 19.8. The van der Waals surface area contributed by atoms with Crippen molar-refractivity contribution in [3.8, 4) is 17.2 Å². The summed E-state index contributed by atoms with van der Waals surface area (Å²) in [6.07, 6.45) is 0.930. The molecular formula is C21H37N3O4+2. The SMILES string of the molecule is CCC(C)(C)NC(=O)C[NH+]1CC[NH+](Cc2ccc(OC)c(OC)c2OC)CC1. The molecule has 0 saturated carbocycles. The summed E-state index contributed by atoms with van der Waals surface area (Å²) in [5, 5.41) is 3.13. The molecule has 158 valence electrons. The molecule has 1 aromatic rings. The van der Waals surface area contributed by atoms with Gasteiger partial charge in [0.2, 0.25) is 5.75 Å². The van der Waals surface area contributed by atoms with Crippen LogP contribution < -0.4 is 29.3 Å². The molecule has 1 aliphatic heterocycles.